The first-order valence-electron chi connectivity index (χ1n) is 18.8. The summed E-state index contributed by atoms with van der Waals surface area (Å²) in [6, 6.07) is 32.1. The van der Waals surface area contributed by atoms with Crippen LogP contribution in [0.15, 0.2) is 115 Å². The number of thiophene rings is 1. The smallest absolute Gasteiger partial charge is 0.303 e. The minimum absolute atomic E-state index is 0.0686. The lowest BCUT2D eigenvalue weighted by Gasteiger charge is -2.44. The zero-order valence-corrected chi connectivity index (χ0v) is 32.4. The molecule has 5 atom stereocenters. The highest BCUT2D eigenvalue weighted by Crippen LogP contribution is 2.43. The molecule has 8 heteroatoms. The third-order valence-electron chi connectivity index (χ3n) is 10.5. The molecule has 0 amide bonds. The van der Waals surface area contributed by atoms with Gasteiger partial charge in [-0.2, -0.15) is 0 Å². The second-order valence-corrected chi connectivity index (χ2v) is 20.5. The average molecular weight is 737 g/mol. The summed E-state index contributed by atoms with van der Waals surface area (Å²) in [6.07, 6.45) is 12.8. The van der Waals surface area contributed by atoms with Gasteiger partial charge in [-0.1, -0.05) is 124 Å². The highest BCUT2D eigenvalue weighted by atomic mass is 32.1. The van der Waals surface area contributed by atoms with Gasteiger partial charge < -0.3 is 19.0 Å². The number of Topliss-reactive ketones (excluding diaryl/α,β-unsaturated/α-hetero) is 1. The summed E-state index contributed by atoms with van der Waals surface area (Å²) in [5.74, 6) is -1.03. The topological polar surface area (TPSA) is 82.1 Å². The van der Waals surface area contributed by atoms with Gasteiger partial charge in [-0.3, -0.25) is 9.59 Å². The van der Waals surface area contributed by atoms with Gasteiger partial charge in [0.1, 0.15) is 5.78 Å². The fourth-order valence-corrected chi connectivity index (χ4v) is 13.6. The van der Waals surface area contributed by atoms with Crippen LogP contribution in [0.25, 0.3) is 10.1 Å². The monoisotopic (exact) mass is 736 g/mol. The number of unbranched alkanes of at least 4 members (excludes halogenated alkanes) is 1. The maximum atomic E-state index is 13.9. The molecule has 52 heavy (non-hydrogen) atoms. The standard InChI is InChI=1S/C44H52O6SSi/c1-44(2,3)52(33-19-8-6-9-20-33,34-21-10-7-11-22-34)50-38(41-30-32-18-14-15-24-40(32)51-41)28-27-35-36(23-12-4-5-13-25-42(46)47)39(31-37(35)45)49-43-26-16-17-29-48-43/h4,6-12,14-15,18-22,24,27-28,30,35-36,38-39,43H,5,13,16-17,23,25-26,29,31H2,1-3H3,(H,46,47)/t35-,36-,38?,39+,43?/m1/s1. The number of ketones is 1. The van der Waals surface area contributed by atoms with E-state index in [0.29, 0.717) is 32.3 Å². The average Bonchev–Trinajstić information content (AvgIpc) is 3.70. The fourth-order valence-electron chi connectivity index (χ4n) is 7.85. The Morgan fingerprint density at radius 2 is 1.67 bits per heavy atom. The minimum Gasteiger partial charge on any atom is -0.481 e. The zero-order valence-electron chi connectivity index (χ0n) is 30.6. The summed E-state index contributed by atoms with van der Waals surface area (Å²) in [5.41, 5.74) is 0. The number of fused-ring (bicyclic) bond motifs is 1. The van der Waals surface area contributed by atoms with Crippen molar-refractivity contribution in [2.75, 3.05) is 6.61 Å². The molecule has 274 valence electrons. The molecular weight excluding hydrogens is 685 g/mol. The van der Waals surface area contributed by atoms with Crippen molar-refractivity contribution in [3.63, 3.8) is 0 Å². The number of carbonyl (C=O) groups is 2. The molecule has 1 aliphatic heterocycles. The van der Waals surface area contributed by atoms with Crippen molar-refractivity contribution in [1.82, 2.24) is 0 Å². The van der Waals surface area contributed by atoms with Gasteiger partial charge in [0, 0.05) is 40.9 Å². The molecule has 1 saturated carbocycles. The van der Waals surface area contributed by atoms with Gasteiger partial charge in [-0.05, 0) is 71.5 Å². The second kappa shape index (κ2) is 17.4. The van der Waals surface area contributed by atoms with Crippen LogP contribution in [0.4, 0.5) is 0 Å². The van der Waals surface area contributed by atoms with Crippen molar-refractivity contribution in [1.29, 1.82) is 0 Å². The molecule has 0 radical (unpaired) electrons. The summed E-state index contributed by atoms with van der Waals surface area (Å²) in [4.78, 5) is 26.1. The molecule has 1 aliphatic carbocycles. The summed E-state index contributed by atoms with van der Waals surface area (Å²) >= 11 is 1.75. The minimum atomic E-state index is -2.96. The molecule has 2 aliphatic rings. The normalized spacial score (nSPS) is 22.1. The Morgan fingerprint density at radius 1 is 0.981 bits per heavy atom. The molecule has 2 unspecified atom stereocenters. The molecule has 1 aromatic heterocycles. The van der Waals surface area contributed by atoms with Gasteiger partial charge in [0.2, 0.25) is 0 Å². The molecule has 0 bridgehead atoms. The Bertz CT molecular complexity index is 1750. The number of carboxylic acids is 1. The Labute approximate surface area is 313 Å². The van der Waals surface area contributed by atoms with Crippen molar-refractivity contribution in [2.45, 2.75) is 95.7 Å². The van der Waals surface area contributed by atoms with E-state index in [1.165, 1.54) is 20.5 Å². The maximum Gasteiger partial charge on any atom is 0.303 e. The third-order valence-corrected chi connectivity index (χ3v) is 16.6. The number of hydrogen-bond donors (Lipinski definition) is 1. The zero-order chi connectivity index (χ0) is 36.6. The molecule has 3 aromatic carbocycles. The van der Waals surface area contributed by atoms with Crippen LogP contribution in [0.5, 0.6) is 0 Å². The van der Waals surface area contributed by atoms with Gasteiger partial charge >= 0.3 is 5.97 Å². The van der Waals surface area contributed by atoms with E-state index in [2.05, 4.69) is 130 Å². The number of carboxylic acid groups (broad SMARTS) is 1. The van der Waals surface area contributed by atoms with Crippen molar-refractivity contribution in [3.05, 3.63) is 120 Å². The van der Waals surface area contributed by atoms with Crippen LogP contribution in [0.3, 0.4) is 0 Å². The van der Waals surface area contributed by atoms with Crippen LogP contribution in [0.2, 0.25) is 5.04 Å². The number of ether oxygens (including phenoxy) is 2. The summed E-state index contributed by atoms with van der Waals surface area (Å²) in [6.45, 7) is 7.55. The van der Waals surface area contributed by atoms with Gasteiger partial charge in [0.15, 0.2) is 6.29 Å². The predicted molar refractivity (Wildman–Crippen MR) is 213 cm³/mol. The second-order valence-electron chi connectivity index (χ2n) is 15.1. The first-order valence-corrected chi connectivity index (χ1v) is 21.5. The first kappa shape index (κ1) is 38.1. The quantitative estimate of drug-likeness (QED) is 0.0745. The predicted octanol–water partition coefficient (Wildman–Crippen LogP) is 9.39. The molecule has 4 aromatic rings. The van der Waals surface area contributed by atoms with Gasteiger partial charge in [-0.25, -0.2) is 0 Å². The van der Waals surface area contributed by atoms with Gasteiger partial charge in [0.05, 0.1) is 12.2 Å². The van der Waals surface area contributed by atoms with E-state index in [0.717, 1.165) is 24.1 Å². The van der Waals surface area contributed by atoms with E-state index in [1.807, 2.05) is 6.08 Å². The Balaban J connectivity index is 1.38. The highest BCUT2D eigenvalue weighted by Gasteiger charge is 2.52. The van der Waals surface area contributed by atoms with E-state index in [4.69, 9.17) is 19.0 Å². The number of aliphatic carboxylic acids is 1. The van der Waals surface area contributed by atoms with E-state index in [-0.39, 0.29) is 41.5 Å². The Morgan fingerprint density at radius 3 is 2.31 bits per heavy atom. The highest BCUT2D eigenvalue weighted by molar-refractivity contribution is 7.19. The molecule has 0 spiro atoms. The number of hydrogen-bond acceptors (Lipinski definition) is 6. The van der Waals surface area contributed by atoms with Crippen LogP contribution in [-0.2, 0) is 23.5 Å². The van der Waals surface area contributed by atoms with E-state index < -0.39 is 20.4 Å². The molecule has 6 nitrogen and oxygen atoms in total. The third kappa shape index (κ3) is 8.92. The van der Waals surface area contributed by atoms with Gasteiger partial charge in [-0.15, -0.1) is 11.3 Å². The number of carbonyl (C=O) groups excluding carboxylic acids is 1. The van der Waals surface area contributed by atoms with Crippen molar-refractivity contribution in [2.24, 2.45) is 11.8 Å². The number of rotatable bonds is 15. The van der Waals surface area contributed by atoms with Crippen LogP contribution in [0.1, 0.15) is 83.1 Å². The SMILES string of the molecule is CC(C)(C)[Si](OC(C=C[C@H]1C(=O)C[C@H](OC2CCCCO2)[C@@H]1CC=CCCCC(=O)O)c1cc2ccccc2s1)(c1ccccc1)c1ccccc1. The van der Waals surface area contributed by atoms with Crippen molar-refractivity contribution < 1.29 is 28.6 Å². The Kier molecular flexibility index (Phi) is 12.8. The molecular formula is C44H52O6SSi. The van der Waals surface area contributed by atoms with Crippen LogP contribution in [0, 0.1) is 11.8 Å². The van der Waals surface area contributed by atoms with Crippen LogP contribution in [-0.4, -0.2) is 44.2 Å². The number of benzene rings is 3. The molecule has 1 N–H and O–H groups in total. The molecule has 6 rings (SSSR count). The first-order chi connectivity index (χ1) is 25.2. The lowest BCUT2D eigenvalue weighted by Crippen LogP contribution is -2.66. The largest absolute Gasteiger partial charge is 0.481 e. The van der Waals surface area contributed by atoms with E-state index >= 15 is 0 Å². The van der Waals surface area contributed by atoms with Gasteiger partial charge in [0.25, 0.3) is 8.32 Å². The lowest BCUT2D eigenvalue weighted by atomic mass is 9.90. The van der Waals surface area contributed by atoms with Crippen LogP contribution < -0.4 is 10.4 Å². The van der Waals surface area contributed by atoms with Crippen molar-refractivity contribution >= 4 is 51.9 Å². The molecule has 1 saturated heterocycles. The molecule has 2 fully saturated rings. The maximum absolute atomic E-state index is 13.9. The summed E-state index contributed by atoms with van der Waals surface area (Å²) in [5, 5.41) is 12.4. The van der Waals surface area contributed by atoms with Crippen molar-refractivity contribution in [3.8, 4) is 0 Å². The lowest BCUT2D eigenvalue weighted by molar-refractivity contribution is -0.194. The van der Waals surface area contributed by atoms with E-state index in [9.17, 15) is 9.59 Å². The van der Waals surface area contributed by atoms with Crippen LogP contribution >= 0.6 is 11.3 Å². The summed E-state index contributed by atoms with van der Waals surface area (Å²) in [7, 11) is -2.96. The number of allylic oxidation sites excluding steroid dienone is 3. The molecule has 2 heterocycles. The Hall–Kier alpha value is -3.66. The summed E-state index contributed by atoms with van der Waals surface area (Å²) < 4.78 is 21.4. The fraction of sp³-hybridized carbons (Fsp3) is 0.409. The van der Waals surface area contributed by atoms with E-state index in [1.54, 1.807) is 11.3 Å².